The van der Waals surface area contributed by atoms with Gasteiger partial charge < -0.3 is 5.73 Å². The summed E-state index contributed by atoms with van der Waals surface area (Å²) in [6, 6.07) is 0.222. The van der Waals surface area contributed by atoms with E-state index in [4.69, 9.17) is 5.73 Å². The molecule has 0 aliphatic heterocycles. The van der Waals surface area contributed by atoms with Crippen LogP contribution in [0.15, 0.2) is 4.47 Å². The third-order valence-electron chi connectivity index (χ3n) is 4.25. The highest BCUT2D eigenvalue weighted by Crippen LogP contribution is 2.29. The first-order chi connectivity index (χ1) is 10.2. The fourth-order valence-electron chi connectivity index (χ4n) is 3.01. The standard InChI is InChI=1S/C16H28BrN3S/c1-3-14-16(17)15(20(4-2)19-14)10-12(18)11-21-13-8-6-5-7-9-13/h12-13H,3-11,18H2,1-2H3. The van der Waals surface area contributed by atoms with Crippen molar-refractivity contribution in [3.8, 4) is 0 Å². The minimum Gasteiger partial charge on any atom is -0.327 e. The van der Waals surface area contributed by atoms with E-state index in [0.29, 0.717) is 0 Å². The molecular formula is C16H28BrN3S. The summed E-state index contributed by atoms with van der Waals surface area (Å²) in [5.41, 5.74) is 8.80. The third-order valence-corrected chi connectivity index (χ3v) is 6.73. The number of thioether (sulfide) groups is 1. The van der Waals surface area contributed by atoms with Crippen LogP contribution in [0.25, 0.3) is 0 Å². The van der Waals surface area contributed by atoms with Gasteiger partial charge in [0, 0.05) is 30.0 Å². The lowest BCUT2D eigenvalue weighted by Crippen LogP contribution is -2.28. The van der Waals surface area contributed by atoms with E-state index in [1.54, 1.807) is 0 Å². The second-order valence-electron chi connectivity index (χ2n) is 5.93. The summed E-state index contributed by atoms with van der Waals surface area (Å²) in [6.45, 7) is 5.21. The Bertz CT molecular complexity index is 441. The van der Waals surface area contributed by atoms with Gasteiger partial charge in [0.25, 0.3) is 0 Å². The smallest absolute Gasteiger partial charge is 0.0766 e. The molecule has 1 aliphatic carbocycles. The number of hydrogen-bond acceptors (Lipinski definition) is 3. The normalized spacial score (nSPS) is 18.1. The van der Waals surface area contributed by atoms with E-state index >= 15 is 0 Å². The molecule has 0 aromatic carbocycles. The van der Waals surface area contributed by atoms with Crippen molar-refractivity contribution in [3.05, 3.63) is 15.9 Å². The van der Waals surface area contributed by atoms with Crippen molar-refractivity contribution in [1.82, 2.24) is 9.78 Å². The number of aromatic nitrogens is 2. The molecule has 1 fully saturated rings. The fraction of sp³-hybridized carbons (Fsp3) is 0.812. The third kappa shape index (κ3) is 4.73. The highest BCUT2D eigenvalue weighted by Gasteiger charge is 2.19. The summed E-state index contributed by atoms with van der Waals surface area (Å²) >= 11 is 5.80. The molecule has 3 nitrogen and oxygen atoms in total. The first-order valence-corrected chi connectivity index (χ1v) is 10.1. The maximum absolute atomic E-state index is 6.38. The SMILES string of the molecule is CCc1nn(CC)c(CC(N)CSC2CCCCC2)c1Br. The number of nitrogens with two attached hydrogens (primary N) is 1. The average Bonchev–Trinajstić information content (AvgIpc) is 2.82. The number of hydrogen-bond donors (Lipinski definition) is 1. The van der Waals surface area contributed by atoms with Gasteiger partial charge in [0.15, 0.2) is 0 Å². The van der Waals surface area contributed by atoms with Gasteiger partial charge in [0.05, 0.1) is 15.9 Å². The molecule has 0 amide bonds. The van der Waals surface area contributed by atoms with E-state index in [0.717, 1.165) is 36.1 Å². The molecule has 1 heterocycles. The van der Waals surface area contributed by atoms with Gasteiger partial charge in [-0.2, -0.15) is 16.9 Å². The molecule has 2 rings (SSSR count). The molecule has 1 aromatic rings. The Kier molecular flexibility index (Phi) is 7.10. The van der Waals surface area contributed by atoms with Crippen molar-refractivity contribution in [2.75, 3.05) is 5.75 Å². The lowest BCUT2D eigenvalue weighted by Gasteiger charge is -2.22. The van der Waals surface area contributed by atoms with Crippen molar-refractivity contribution < 1.29 is 0 Å². The van der Waals surface area contributed by atoms with Crippen molar-refractivity contribution in [3.63, 3.8) is 0 Å². The van der Waals surface area contributed by atoms with Crippen molar-refractivity contribution in [1.29, 1.82) is 0 Å². The molecular weight excluding hydrogens is 346 g/mol. The van der Waals surface area contributed by atoms with E-state index in [1.807, 2.05) is 0 Å². The Morgan fingerprint density at radius 2 is 2.05 bits per heavy atom. The van der Waals surface area contributed by atoms with Crippen LogP contribution in [-0.4, -0.2) is 26.8 Å². The predicted molar refractivity (Wildman–Crippen MR) is 96.0 cm³/mol. The van der Waals surface area contributed by atoms with Crippen molar-refractivity contribution in [2.45, 2.75) is 76.6 Å². The van der Waals surface area contributed by atoms with Gasteiger partial charge in [-0.25, -0.2) is 0 Å². The summed E-state index contributed by atoms with van der Waals surface area (Å²) in [4.78, 5) is 0. The zero-order valence-electron chi connectivity index (χ0n) is 13.3. The van der Waals surface area contributed by atoms with Gasteiger partial charge in [-0.05, 0) is 42.1 Å². The monoisotopic (exact) mass is 373 g/mol. The Morgan fingerprint density at radius 3 is 2.67 bits per heavy atom. The molecule has 0 saturated heterocycles. The van der Waals surface area contributed by atoms with Gasteiger partial charge in [-0.3, -0.25) is 4.68 Å². The molecule has 1 saturated carbocycles. The van der Waals surface area contributed by atoms with Gasteiger partial charge in [-0.15, -0.1) is 0 Å². The first-order valence-electron chi connectivity index (χ1n) is 8.26. The van der Waals surface area contributed by atoms with Crippen molar-refractivity contribution >= 4 is 27.7 Å². The first kappa shape index (κ1) is 17.4. The molecule has 5 heteroatoms. The quantitative estimate of drug-likeness (QED) is 0.779. The number of rotatable bonds is 7. The summed E-state index contributed by atoms with van der Waals surface area (Å²) in [6.07, 6.45) is 8.88. The van der Waals surface area contributed by atoms with E-state index in [9.17, 15) is 0 Å². The van der Waals surface area contributed by atoms with Crippen LogP contribution in [-0.2, 0) is 19.4 Å². The summed E-state index contributed by atoms with van der Waals surface area (Å²) < 4.78 is 3.28. The van der Waals surface area contributed by atoms with Gasteiger partial charge in [0.2, 0.25) is 0 Å². The summed E-state index contributed by atoms with van der Waals surface area (Å²) in [5.74, 6) is 1.06. The van der Waals surface area contributed by atoms with E-state index in [2.05, 4.69) is 51.3 Å². The number of nitrogens with zero attached hydrogens (tertiary/aromatic N) is 2. The molecule has 1 aliphatic rings. The zero-order valence-corrected chi connectivity index (χ0v) is 15.7. The minimum absolute atomic E-state index is 0.222. The highest BCUT2D eigenvalue weighted by molar-refractivity contribution is 9.10. The van der Waals surface area contributed by atoms with Crippen LogP contribution in [0.1, 0.15) is 57.3 Å². The maximum Gasteiger partial charge on any atom is 0.0766 e. The molecule has 1 atom stereocenters. The lowest BCUT2D eigenvalue weighted by atomic mass is 10.0. The van der Waals surface area contributed by atoms with Crippen LogP contribution in [0.3, 0.4) is 0 Å². The Labute approximate surface area is 141 Å². The molecule has 0 bridgehead atoms. The van der Waals surface area contributed by atoms with E-state index in [-0.39, 0.29) is 6.04 Å². The molecule has 1 aromatic heterocycles. The number of halogens is 1. The van der Waals surface area contributed by atoms with Gasteiger partial charge in [-0.1, -0.05) is 26.2 Å². The molecule has 0 spiro atoms. The van der Waals surface area contributed by atoms with Crippen LogP contribution in [0.2, 0.25) is 0 Å². The Hall–Kier alpha value is -0.000000000000000111. The molecule has 0 radical (unpaired) electrons. The van der Waals surface area contributed by atoms with Crippen LogP contribution in [0.4, 0.5) is 0 Å². The van der Waals surface area contributed by atoms with Crippen LogP contribution in [0, 0.1) is 0 Å². The van der Waals surface area contributed by atoms with Crippen LogP contribution >= 0.6 is 27.7 Å². The summed E-state index contributed by atoms with van der Waals surface area (Å²) in [5, 5.41) is 5.50. The van der Waals surface area contributed by atoms with Crippen LogP contribution in [0.5, 0.6) is 0 Å². The van der Waals surface area contributed by atoms with Gasteiger partial charge >= 0.3 is 0 Å². The molecule has 120 valence electrons. The average molecular weight is 374 g/mol. The predicted octanol–water partition coefficient (Wildman–Crippen LogP) is 4.16. The second kappa shape index (κ2) is 8.59. The maximum atomic E-state index is 6.38. The second-order valence-corrected chi connectivity index (χ2v) is 8.06. The lowest BCUT2D eigenvalue weighted by molar-refractivity contribution is 0.515. The minimum atomic E-state index is 0.222. The summed E-state index contributed by atoms with van der Waals surface area (Å²) in [7, 11) is 0. The van der Waals surface area contributed by atoms with Crippen molar-refractivity contribution in [2.24, 2.45) is 5.73 Å². The number of aryl methyl sites for hydroxylation is 2. The Morgan fingerprint density at radius 1 is 1.33 bits per heavy atom. The zero-order chi connectivity index (χ0) is 15.2. The topological polar surface area (TPSA) is 43.8 Å². The van der Waals surface area contributed by atoms with E-state index < -0.39 is 0 Å². The van der Waals surface area contributed by atoms with Crippen LogP contribution < -0.4 is 5.73 Å². The van der Waals surface area contributed by atoms with E-state index in [1.165, 1.54) is 42.3 Å². The Balaban J connectivity index is 1.89. The largest absolute Gasteiger partial charge is 0.327 e. The van der Waals surface area contributed by atoms with Gasteiger partial charge in [0.1, 0.15) is 0 Å². The molecule has 21 heavy (non-hydrogen) atoms. The molecule has 2 N–H and O–H groups in total. The molecule has 1 unspecified atom stereocenters. The fourth-order valence-corrected chi connectivity index (χ4v) is 5.04. The highest BCUT2D eigenvalue weighted by atomic mass is 79.9.